The molecule has 78 valence electrons. The third-order valence-corrected chi connectivity index (χ3v) is 2.84. The van der Waals surface area contributed by atoms with E-state index < -0.39 is 0 Å². The fourth-order valence-corrected chi connectivity index (χ4v) is 1.79. The molecule has 0 radical (unpaired) electrons. The Kier molecular flexibility index (Phi) is 2.84. The molecule has 0 aliphatic carbocycles. The standard InChI is InChI=1S/C10H17N3O/c1-8-5-11-3-4-13(8)6-10-9(2)14-7-12-10/h7-8,11H,3-6H2,1-2H3/t8-/m1/s1. The molecule has 0 amide bonds. The second kappa shape index (κ2) is 4.11. The van der Waals surface area contributed by atoms with Crippen LogP contribution < -0.4 is 5.32 Å². The molecule has 1 aliphatic rings. The summed E-state index contributed by atoms with van der Waals surface area (Å²) < 4.78 is 5.19. The van der Waals surface area contributed by atoms with Crippen LogP contribution >= 0.6 is 0 Å². The summed E-state index contributed by atoms with van der Waals surface area (Å²) in [6.07, 6.45) is 1.53. The van der Waals surface area contributed by atoms with Gasteiger partial charge in [-0.2, -0.15) is 0 Å². The van der Waals surface area contributed by atoms with Crippen molar-refractivity contribution in [2.45, 2.75) is 26.4 Å². The SMILES string of the molecule is Cc1ocnc1CN1CCNC[C@H]1C. The van der Waals surface area contributed by atoms with Crippen LogP contribution in [0, 0.1) is 6.92 Å². The largest absolute Gasteiger partial charge is 0.448 e. The Bertz CT molecular complexity index is 297. The molecule has 4 nitrogen and oxygen atoms in total. The van der Waals surface area contributed by atoms with Crippen LogP contribution in [0.1, 0.15) is 18.4 Å². The zero-order valence-corrected chi connectivity index (χ0v) is 8.79. The van der Waals surface area contributed by atoms with Gasteiger partial charge >= 0.3 is 0 Å². The summed E-state index contributed by atoms with van der Waals surface area (Å²) in [6, 6.07) is 0.583. The topological polar surface area (TPSA) is 41.3 Å². The molecule has 1 aliphatic heterocycles. The van der Waals surface area contributed by atoms with Gasteiger partial charge in [0, 0.05) is 32.2 Å². The van der Waals surface area contributed by atoms with E-state index in [1.165, 1.54) is 6.39 Å². The second-order valence-corrected chi connectivity index (χ2v) is 3.88. The fourth-order valence-electron chi connectivity index (χ4n) is 1.79. The Balaban J connectivity index is 1.99. The number of oxazole rings is 1. The Morgan fingerprint density at radius 3 is 3.21 bits per heavy atom. The van der Waals surface area contributed by atoms with E-state index >= 15 is 0 Å². The van der Waals surface area contributed by atoms with Crippen LogP contribution in [0.15, 0.2) is 10.8 Å². The molecular weight excluding hydrogens is 178 g/mol. The molecule has 14 heavy (non-hydrogen) atoms. The minimum atomic E-state index is 0.583. The molecular formula is C10H17N3O. The van der Waals surface area contributed by atoms with E-state index in [2.05, 4.69) is 22.1 Å². The minimum Gasteiger partial charge on any atom is -0.448 e. The molecule has 2 rings (SSSR count). The van der Waals surface area contributed by atoms with Crippen molar-refractivity contribution in [2.75, 3.05) is 19.6 Å². The Labute approximate surface area is 84.3 Å². The first kappa shape index (κ1) is 9.68. The number of piperazine rings is 1. The third kappa shape index (κ3) is 1.96. The van der Waals surface area contributed by atoms with Crippen LogP contribution in [0.2, 0.25) is 0 Å². The summed E-state index contributed by atoms with van der Waals surface area (Å²) in [6.45, 7) is 8.34. The molecule has 2 heterocycles. The number of aromatic nitrogens is 1. The van der Waals surface area contributed by atoms with Crippen molar-refractivity contribution in [3.63, 3.8) is 0 Å². The molecule has 1 N–H and O–H groups in total. The van der Waals surface area contributed by atoms with Gasteiger partial charge < -0.3 is 9.73 Å². The van der Waals surface area contributed by atoms with Gasteiger partial charge in [0.25, 0.3) is 0 Å². The number of nitrogens with one attached hydrogen (secondary N) is 1. The van der Waals surface area contributed by atoms with Gasteiger partial charge in [-0.25, -0.2) is 4.98 Å². The third-order valence-electron chi connectivity index (χ3n) is 2.84. The Morgan fingerprint density at radius 1 is 1.71 bits per heavy atom. The minimum absolute atomic E-state index is 0.583. The number of rotatable bonds is 2. The molecule has 0 spiro atoms. The normalized spacial score (nSPS) is 24.0. The predicted octanol–water partition coefficient (Wildman–Crippen LogP) is 0.777. The van der Waals surface area contributed by atoms with E-state index in [1.807, 2.05) is 6.92 Å². The monoisotopic (exact) mass is 195 g/mol. The molecule has 1 atom stereocenters. The van der Waals surface area contributed by atoms with Gasteiger partial charge in [0.1, 0.15) is 5.76 Å². The lowest BCUT2D eigenvalue weighted by atomic mass is 10.2. The number of nitrogens with zero attached hydrogens (tertiary/aromatic N) is 2. The van der Waals surface area contributed by atoms with E-state index in [0.29, 0.717) is 6.04 Å². The first-order valence-electron chi connectivity index (χ1n) is 5.11. The lowest BCUT2D eigenvalue weighted by Crippen LogP contribution is -2.49. The molecule has 1 aromatic rings. The molecule has 1 saturated heterocycles. The maximum Gasteiger partial charge on any atom is 0.181 e. The lowest BCUT2D eigenvalue weighted by molar-refractivity contribution is 0.163. The highest BCUT2D eigenvalue weighted by molar-refractivity contribution is 5.05. The van der Waals surface area contributed by atoms with E-state index in [4.69, 9.17) is 4.42 Å². The van der Waals surface area contributed by atoms with Crippen molar-refractivity contribution < 1.29 is 4.42 Å². The molecule has 0 saturated carbocycles. The first-order valence-corrected chi connectivity index (χ1v) is 5.11. The van der Waals surface area contributed by atoms with E-state index in [0.717, 1.165) is 37.6 Å². The van der Waals surface area contributed by atoms with E-state index in [-0.39, 0.29) is 0 Å². The van der Waals surface area contributed by atoms with Gasteiger partial charge in [-0.05, 0) is 13.8 Å². The van der Waals surface area contributed by atoms with Crippen molar-refractivity contribution in [3.8, 4) is 0 Å². The van der Waals surface area contributed by atoms with Crippen molar-refractivity contribution in [2.24, 2.45) is 0 Å². The first-order chi connectivity index (χ1) is 6.77. The van der Waals surface area contributed by atoms with Crippen molar-refractivity contribution in [1.82, 2.24) is 15.2 Å². The molecule has 1 fully saturated rings. The average molecular weight is 195 g/mol. The van der Waals surface area contributed by atoms with Crippen LogP contribution in [0.5, 0.6) is 0 Å². The van der Waals surface area contributed by atoms with Crippen molar-refractivity contribution in [1.29, 1.82) is 0 Å². The summed E-state index contributed by atoms with van der Waals surface area (Å²) in [5.41, 5.74) is 1.07. The smallest absolute Gasteiger partial charge is 0.181 e. The second-order valence-electron chi connectivity index (χ2n) is 3.88. The molecule has 0 unspecified atom stereocenters. The van der Waals surface area contributed by atoms with E-state index in [1.54, 1.807) is 0 Å². The van der Waals surface area contributed by atoms with Crippen LogP contribution in [0.25, 0.3) is 0 Å². The summed E-state index contributed by atoms with van der Waals surface area (Å²) in [7, 11) is 0. The van der Waals surface area contributed by atoms with Crippen molar-refractivity contribution in [3.05, 3.63) is 17.8 Å². The highest BCUT2D eigenvalue weighted by Crippen LogP contribution is 2.11. The van der Waals surface area contributed by atoms with Gasteiger partial charge in [0.2, 0.25) is 0 Å². The molecule has 0 aromatic carbocycles. The maximum atomic E-state index is 5.19. The summed E-state index contributed by atoms with van der Waals surface area (Å²) in [4.78, 5) is 6.65. The van der Waals surface area contributed by atoms with Crippen LogP contribution in [0.4, 0.5) is 0 Å². The van der Waals surface area contributed by atoms with Crippen molar-refractivity contribution >= 4 is 0 Å². The Morgan fingerprint density at radius 2 is 2.57 bits per heavy atom. The van der Waals surface area contributed by atoms with E-state index in [9.17, 15) is 0 Å². The Hall–Kier alpha value is -0.870. The van der Waals surface area contributed by atoms with Crippen LogP contribution in [0.3, 0.4) is 0 Å². The molecule has 4 heteroatoms. The highest BCUT2D eigenvalue weighted by Gasteiger charge is 2.19. The van der Waals surface area contributed by atoms with Gasteiger partial charge in [0.05, 0.1) is 5.69 Å². The van der Waals surface area contributed by atoms with Crippen LogP contribution in [-0.4, -0.2) is 35.6 Å². The fraction of sp³-hybridized carbons (Fsp3) is 0.700. The summed E-state index contributed by atoms with van der Waals surface area (Å²) in [5.74, 6) is 0.940. The summed E-state index contributed by atoms with van der Waals surface area (Å²) >= 11 is 0. The zero-order valence-electron chi connectivity index (χ0n) is 8.79. The van der Waals surface area contributed by atoms with Gasteiger partial charge in [-0.15, -0.1) is 0 Å². The molecule has 1 aromatic heterocycles. The van der Waals surface area contributed by atoms with Gasteiger partial charge in [0.15, 0.2) is 6.39 Å². The predicted molar refractivity (Wildman–Crippen MR) is 54.0 cm³/mol. The lowest BCUT2D eigenvalue weighted by Gasteiger charge is -2.33. The maximum absolute atomic E-state index is 5.19. The van der Waals surface area contributed by atoms with Gasteiger partial charge in [-0.1, -0.05) is 0 Å². The quantitative estimate of drug-likeness (QED) is 0.757. The number of hydrogen-bond donors (Lipinski definition) is 1. The van der Waals surface area contributed by atoms with Crippen LogP contribution in [-0.2, 0) is 6.54 Å². The summed E-state index contributed by atoms with van der Waals surface area (Å²) in [5, 5.41) is 3.37. The highest BCUT2D eigenvalue weighted by atomic mass is 16.3. The number of aryl methyl sites for hydroxylation is 1. The average Bonchev–Trinajstić information content (AvgIpc) is 2.56. The molecule has 0 bridgehead atoms. The number of hydrogen-bond acceptors (Lipinski definition) is 4. The zero-order chi connectivity index (χ0) is 9.97. The van der Waals surface area contributed by atoms with Gasteiger partial charge in [-0.3, -0.25) is 4.90 Å².